The second-order valence-corrected chi connectivity index (χ2v) is 10.3. The van der Waals surface area contributed by atoms with Gasteiger partial charge in [0.1, 0.15) is 9.96 Å². The van der Waals surface area contributed by atoms with Crippen LogP contribution in [0, 0.1) is 0 Å². The van der Waals surface area contributed by atoms with Crippen molar-refractivity contribution in [2.45, 2.75) is 36.4 Å². The number of carbonyl (C=O) groups is 1. The highest BCUT2D eigenvalue weighted by Crippen LogP contribution is 2.28. The summed E-state index contributed by atoms with van der Waals surface area (Å²) in [5.74, 6) is 0.727. The molecule has 152 valence electrons. The van der Waals surface area contributed by atoms with Crippen LogP contribution in [0.2, 0.25) is 0 Å². The Labute approximate surface area is 170 Å². The van der Waals surface area contributed by atoms with Gasteiger partial charge in [-0.3, -0.25) is 4.79 Å². The second-order valence-electron chi connectivity index (χ2n) is 6.96. The lowest BCUT2D eigenvalue weighted by molar-refractivity contribution is -0.131. The zero-order valence-corrected chi connectivity index (χ0v) is 18.1. The quantitative estimate of drug-likeness (QED) is 0.687. The van der Waals surface area contributed by atoms with Gasteiger partial charge in [0, 0.05) is 25.0 Å². The molecule has 0 saturated carbocycles. The summed E-state index contributed by atoms with van der Waals surface area (Å²) in [6, 6.07) is 10.9. The highest BCUT2D eigenvalue weighted by atomic mass is 32.2. The van der Waals surface area contributed by atoms with Crippen LogP contribution in [0.4, 0.5) is 0 Å². The van der Waals surface area contributed by atoms with Gasteiger partial charge in [0.15, 0.2) is 0 Å². The Bertz CT molecular complexity index is 916. The van der Waals surface area contributed by atoms with Gasteiger partial charge in [0.25, 0.3) is 10.0 Å². The Morgan fingerprint density at radius 2 is 1.82 bits per heavy atom. The molecule has 0 radical (unpaired) electrons. The van der Waals surface area contributed by atoms with Crippen LogP contribution in [0.3, 0.4) is 0 Å². The third kappa shape index (κ3) is 4.39. The molecular weight excluding hydrogens is 396 g/mol. The van der Waals surface area contributed by atoms with Gasteiger partial charge >= 0.3 is 0 Å². The number of thiophene rings is 1. The smallest absolute Gasteiger partial charge is 0.252 e. The molecule has 1 aliphatic rings. The Morgan fingerprint density at radius 3 is 2.43 bits per heavy atom. The Morgan fingerprint density at radius 1 is 1.18 bits per heavy atom. The van der Waals surface area contributed by atoms with E-state index in [1.807, 2.05) is 31.2 Å². The molecule has 1 aromatic carbocycles. The van der Waals surface area contributed by atoms with Crippen LogP contribution in [-0.2, 0) is 21.2 Å². The molecule has 3 rings (SSSR count). The van der Waals surface area contributed by atoms with Gasteiger partial charge in [0.05, 0.1) is 19.6 Å². The second kappa shape index (κ2) is 8.63. The summed E-state index contributed by atoms with van der Waals surface area (Å²) >= 11 is 1.19. The van der Waals surface area contributed by atoms with Gasteiger partial charge in [-0.25, -0.2) is 8.42 Å². The molecular formula is C20H26N2O4S2. The standard InChI is InChI=1S/C20H26N2O4S2/c1-15(16-6-8-17(26-3)9-7-16)21(2)19(23)14-18-10-11-20(27-18)28(24,25)22-12-4-5-13-22/h6-11,15H,4-5,12-14H2,1-3H3. The average molecular weight is 423 g/mol. The highest BCUT2D eigenvalue weighted by Gasteiger charge is 2.29. The molecule has 28 heavy (non-hydrogen) atoms. The molecule has 1 aliphatic heterocycles. The fourth-order valence-corrected chi connectivity index (χ4v) is 6.26. The molecule has 0 bridgehead atoms. The predicted molar refractivity (Wildman–Crippen MR) is 110 cm³/mol. The SMILES string of the molecule is COc1ccc(C(C)N(C)C(=O)Cc2ccc(S(=O)(=O)N3CCCC3)s2)cc1. The number of hydrogen-bond donors (Lipinski definition) is 0. The molecule has 0 spiro atoms. The molecule has 8 heteroatoms. The average Bonchev–Trinajstić information content (AvgIpc) is 3.39. The molecule has 1 atom stereocenters. The third-order valence-corrected chi connectivity index (χ3v) is 8.65. The van der Waals surface area contributed by atoms with Crippen molar-refractivity contribution < 1.29 is 17.9 Å². The molecule has 2 aromatic rings. The monoisotopic (exact) mass is 422 g/mol. The van der Waals surface area contributed by atoms with Gasteiger partial charge in [-0.2, -0.15) is 4.31 Å². The van der Waals surface area contributed by atoms with E-state index in [-0.39, 0.29) is 18.4 Å². The Kier molecular flexibility index (Phi) is 6.42. The molecule has 2 heterocycles. The van der Waals surface area contributed by atoms with Crippen molar-refractivity contribution in [1.82, 2.24) is 9.21 Å². The molecule has 1 unspecified atom stereocenters. The van der Waals surface area contributed by atoms with Crippen LogP contribution in [0.1, 0.15) is 36.2 Å². The van der Waals surface area contributed by atoms with Crippen molar-refractivity contribution in [3.05, 3.63) is 46.8 Å². The third-order valence-electron chi connectivity index (χ3n) is 5.19. The molecule has 0 N–H and O–H groups in total. The lowest BCUT2D eigenvalue weighted by Gasteiger charge is -2.25. The topological polar surface area (TPSA) is 66.9 Å². The fourth-order valence-electron chi connectivity index (χ4n) is 3.24. The van der Waals surface area contributed by atoms with Gasteiger partial charge in [-0.05, 0) is 49.6 Å². The van der Waals surface area contributed by atoms with Crippen LogP contribution >= 0.6 is 11.3 Å². The zero-order chi connectivity index (χ0) is 20.3. The van der Waals surface area contributed by atoms with Crippen molar-refractivity contribution >= 4 is 27.3 Å². The van der Waals surface area contributed by atoms with Crippen molar-refractivity contribution in [2.24, 2.45) is 0 Å². The summed E-state index contributed by atoms with van der Waals surface area (Å²) < 4.78 is 32.3. The summed E-state index contributed by atoms with van der Waals surface area (Å²) in [5.41, 5.74) is 1.01. The van der Waals surface area contributed by atoms with E-state index in [1.165, 1.54) is 15.6 Å². The van der Waals surface area contributed by atoms with E-state index in [4.69, 9.17) is 4.74 Å². The fraction of sp³-hybridized carbons (Fsp3) is 0.450. The van der Waals surface area contributed by atoms with Crippen LogP contribution in [0.25, 0.3) is 0 Å². The molecule has 1 fully saturated rings. The minimum atomic E-state index is -3.42. The number of hydrogen-bond acceptors (Lipinski definition) is 5. The first-order valence-electron chi connectivity index (χ1n) is 9.31. The van der Waals surface area contributed by atoms with E-state index in [1.54, 1.807) is 31.2 Å². The van der Waals surface area contributed by atoms with Crippen molar-refractivity contribution in [1.29, 1.82) is 0 Å². The summed E-state index contributed by atoms with van der Waals surface area (Å²) in [6.07, 6.45) is 2.01. The van der Waals surface area contributed by atoms with Crippen LogP contribution in [-0.4, -0.2) is 50.8 Å². The summed E-state index contributed by atoms with van der Waals surface area (Å²) in [6.45, 7) is 3.13. The molecule has 1 amide bonds. The maximum absolute atomic E-state index is 12.7. The number of rotatable bonds is 7. The number of benzene rings is 1. The first kappa shape index (κ1) is 20.8. The van der Waals surface area contributed by atoms with Crippen LogP contribution in [0.15, 0.2) is 40.6 Å². The number of amides is 1. The first-order chi connectivity index (χ1) is 13.3. The summed E-state index contributed by atoms with van der Waals surface area (Å²) in [7, 11) is -0.0359. The summed E-state index contributed by atoms with van der Waals surface area (Å²) in [4.78, 5) is 15.2. The van der Waals surface area contributed by atoms with Gasteiger partial charge in [0.2, 0.25) is 5.91 Å². The van der Waals surface area contributed by atoms with Crippen LogP contribution in [0.5, 0.6) is 5.75 Å². The Hall–Kier alpha value is -1.90. The highest BCUT2D eigenvalue weighted by molar-refractivity contribution is 7.91. The van der Waals surface area contributed by atoms with Crippen molar-refractivity contribution in [2.75, 3.05) is 27.2 Å². The Balaban J connectivity index is 1.66. The van der Waals surface area contributed by atoms with E-state index in [0.717, 1.165) is 29.0 Å². The minimum absolute atomic E-state index is 0.0460. The number of methoxy groups -OCH3 is 1. The van der Waals surface area contributed by atoms with Gasteiger partial charge in [-0.1, -0.05) is 12.1 Å². The zero-order valence-electron chi connectivity index (χ0n) is 16.4. The van der Waals surface area contributed by atoms with E-state index in [2.05, 4.69) is 0 Å². The maximum Gasteiger partial charge on any atom is 0.252 e. The number of nitrogens with zero attached hydrogens (tertiary/aromatic N) is 2. The largest absolute Gasteiger partial charge is 0.497 e. The molecule has 1 aromatic heterocycles. The normalized spacial score (nSPS) is 16.1. The van der Waals surface area contributed by atoms with Gasteiger partial charge < -0.3 is 9.64 Å². The number of ether oxygens (including phenoxy) is 1. The van der Waals surface area contributed by atoms with E-state index in [9.17, 15) is 13.2 Å². The van der Waals surface area contributed by atoms with E-state index >= 15 is 0 Å². The van der Waals surface area contributed by atoms with E-state index in [0.29, 0.717) is 17.3 Å². The predicted octanol–water partition coefficient (Wildman–Crippen LogP) is 3.30. The molecule has 0 aliphatic carbocycles. The van der Waals surface area contributed by atoms with Crippen molar-refractivity contribution in [3.63, 3.8) is 0 Å². The van der Waals surface area contributed by atoms with E-state index < -0.39 is 10.0 Å². The van der Waals surface area contributed by atoms with Crippen LogP contribution < -0.4 is 4.74 Å². The van der Waals surface area contributed by atoms with Crippen molar-refractivity contribution in [3.8, 4) is 5.75 Å². The number of sulfonamides is 1. The molecule has 1 saturated heterocycles. The minimum Gasteiger partial charge on any atom is -0.497 e. The maximum atomic E-state index is 12.7. The molecule has 6 nitrogen and oxygen atoms in total. The lowest BCUT2D eigenvalue weighted by Crippen LogP contribution is -2.30. The van der Waals surface area contributed by atoms with Gasteiger partial charge in [-0.15, -0.1) is 11.3 Å². The lowest BCUT2D eigenvalue weighted by atomic mass is 10.1. The number of carbonyl (C=O) groups excluding carboxylic acids is 1. The first-order valence-corrected chi connectivity index (χ1v) is 11.6. The summed E-state index contributed by atoms with van der Waals surface area (Å²) in [5, 5.41) is 0. The number of likely N-dealkylation sites (N-methyl/N-ethyl adjacent to an activating group) is 1.